The molecule has 1 heterocycles. The summed E-state index contributed by atoms with van der Waals surface area (Å²) in [4.78, 5) is 24.6. The van der Waals surface area contributed by atoms with Crippen molar-refractivity contribution in [2.45, 2.75) is 19.3 Å². The Balaban J connectivity index is 2.12. The number of fused-ring (bicyclic) bond motifs is 1. The number of hydrogen-bond donors (Lipinski definition) is 1. The van der Waals surface area contributed by atoms with Crippen molar-refractivity contribution in [3.8, 4) is 0 Å². The van der Waals surface area contributed by atoms with E-state index in [4.69, 9.17) is 9.84 Å². The van der Waals surface area contributed by atoms with Crippen LogP contribution in [0.2, 0.25) is 0 Å². The summed E-state index contributed by atoms with van der Waals surface area (Å²) in [6, 6.07) is 4.85. The Morgan fingerprint density at radius 3 is 2.89 bits per heavy atom. The molecule has 1 aromatic carbocycles. The number of carbonyl (C=O) groups excluding carboxylic acids is 1. The molecule has 1 aliphatic heterocycles. The number of aromatic carboxylic acids is 1. The largest absolute Gasteiger partial charge is 0.478 e. The third-order valence-electron chi connectivity index (χ3n) is 3.25. The standard InChI is InChI=1S/C14H17NO4/c1-19-7-3-2-6-15-12-8-11(14(17)18)5-4-10(12)9-13(15)16/h4-5,8H,2-3,6-7,9H2,1H3,(H,17,18). The first kappa shape index (κ1) is 13.5. The molecule has 0 bridgehead atoms. The van der Waals surface area contributed by atoms with Crippen LogP contribution in [0.3, 0.4) is 0 Å². The van der Waals surface area contributed by atoms with Gasteiger partial charge in [0.1, 0.15) is 0 Å². The van der Waals surface area contributed by atoms with Gasteiger partial charge in [-0.25, -0.2) is 4.79 Å². The molecule has 0 aliphatic carbocycles. The summed E-state index contributed by atoms with van der Waals surface area (Å²) in [6.45, 7) is 1.28. The fourth-order valence-electron chi connectivity index (χ4n) is 2.25. The number of anilines is 1. The summed E-state index contributed by atoms with van der Waals surface area (Å²) in [5, 5.41) is 8.99. The maximum Gasteiger partial charge on any atom is 0.335 e. The maximum absolute atomic E-state index is 11.9. The number of methoxy groups -OCH3 is 1. The van der Waals surface area contributed by atoms with Crippen molar-refractivity contribution in [2.75, 3.05) is 25.2 Å². The molecule has 1 aromatic rings. The maximum atomic E-state index is 11.9. The molecular formula is C14H17NO4. The molecule has 0 unspecified atom stereocenters. The van der Waals surface area contributed by atoms with Crippen molar-refractivity contribution in [2.24, 2.45) is 0 Å². The van der Waals surface area contributed by atoms with E-state index in [-0.39, 0.29) is 11.5 Å². The summed E-state index contributed by atoms with van der Waals surface area (Å²) in [5.41, 5.74) is 1.86. The summed E-state index contributed by atoms with van der Waals surface area (Å²) >= 11 is 0. The Morgan fingerprint density at radius 1 is 1.42 bits per heavy atom. The number of ether oxygens (including phenoxy) is 1. The molecule has 5 heteroatoms. The Hall–Kier alpha value is -1.88. The quantitative estimate of drug-likeness (QED) is 0.793. The fourth-order valence-corrected chi connectivity index (χ4v) is 2.25. The third-order valence-corrected chi connectivity index (χ3v) is 3.25. The molecule has 0 radical (unpaired) electrons. The monoisotopic (exact) mass is 263 g/mol. The SMILES string of the molecule is COCCCCN1C(=O)Cc2ccc(C(=O)O)cc21. The van der Waals surface area contributed by atoms with Crippen LogP contribution in [0.15, 0.2) is 18.2 Å². The van der Waals surface area contributed by atoms with Gasteiger partial charge in [0.05, 0.1) is 12.0 Å². The van der Waals surface area contributed by atoms with Gasteiger partial charge < -0.3 is 14.7 Å². The highest BCUT2D eigenvalue weighted by Crippen LogP contribution is 2.30. The molecule has 0 aromatic heterocycles. The molecule has 5 nitrogen and oxygen atoms in total. The van der Waals surface area contributed by atoms with E-state index >= 15 is 0 Å². The minimum absolute atomic E-state index is 0.0370. The first-order valence-corrected chi connectivity index (χ1v) is 6.29. The summed E-state index contributed by atoms with van der Waals surface area (Å²) in [7, 11) is 1.65. The van der Waals surface area contributed by atoms with Crippen LogP contribution in [0.5, 0.6) is 0 Å². The van der Waals surface area contributed by atoms with Crippen LogP contribution in [-0.4, -0.2) is 37.2 Å². The van der Waals surface area contributed by atoms with Gasteiger partial charge in [-0.3, -0.25) is 4.79 Å². The molecule has 1 aliphatic rings. The zero-order valence-electron chi connectivity index (χ0n) is 10.9. The van der Waals surface area contributed by atoms with Crippen LogP contribution < -0.4 is 4.90 Å². The molecule has 0 saturated carbocycles. The van der Waals surface area contributed by atoms with Gasteiger partial charge in [0.25, 0.3) is 0 Å². The molecule has 0 fully saturated rings. The van der Waals surface area contributed by atoms with E-state index in [1.54, 1.807) is 30.2 Å². The zero-order chi connectivity index (χ0) is 13.8. The molecular weight excluding hydrogens is 246 g/mol. The van der Waals surface area contributed by atoms with Crippen molar-refractivity contribution in [1.29, 1.82) is 0 Å². The summed E-state index contributed by atoms with van der Waals surface area (Å²) in [6.07, 6.45) is 2.09. The van der Waals surface area contributed by atoms with Crippen LogP contribution in [0.4, 0.5) is 5.69 Å². The topological polar surface area (TPSA) is 66.8 Å². The molecule has 1 N–H and O–H groups in total. The second-order valence-electron chi connectivity index (χ2n) is 4.57. The van der Waals surface area contributed by atoms with E-state index in [1.807, 2.05) is 0 Å². The van der Waals surface area contributed by atoms with E-state index < -0.39 is 5.97 Å². The Bertz CT molecular complexity index is 498. The number of rotatable bonds is 6. The first-order chi connectivity index (χ1) is 9.13. The number of benzene rings is 1. The summed E-state index contributed by atoms with van der Waals surface area (Å²) in [5.74, 6) is -0.934. The van der Waals surface area contributed by atoms with Gasteiger partial charge in [-0.1, -0.05) is 6.07 Å². The van der Waals surface area contributed by atoms with Gasteiger partial charge in [-0.05, 0) is 30.5 Å². The van der Waals surface area contributed by atoms with Gasteiger partial charge in [-0.2, -0.15) is 0 Å². The van der Waals surface area contributed by atoms with E-state index in [1.165, 1.54) is 0 Å². The van der Waals surface area contributed by atoms with Gasteiger partial charge in [0.15, 0.2) is 0 Å². The minimum atomic E-state index is -0.971. The smallest absolute Gasteiger partial charge is 0.335 e. The van der Waals surface area contributed by atoms with Crippen LogP contribution in [0.1, 0.15) is 28.8 Å². The highest BCUT2D eigenvalue weighted by molar-refractivity contribution is 6.03. The van der Waals surface area contributed by atoms with Crippen molar-refractivity contribution >= 4 is 17.6 Å². The molecule has 1 amide bonds. The van der Waals surface area contributed by atoms with E-state index in [2.05, 4.69) is 0 Å². The highest BCUT2D eigenvalue weighted by Gasteiger charge is 2.27. The van der Waals surface area contributed by atoms with E-state index in [0.29, 0.717) is 19.6 Å². The van der Waals surface area contributed by atoms with Crippen molar-refractivity contribution in [3.05, 3.63) is 29.3 Å². The molecule has 102 valence electrons. The number of carboxylic acid groups (broad SMARTS) is 1. The fraction of sp³-hybridized carbons (Fsp3) is 0.429. The number of amides is 1. The van der Waals surface area contributed by atoms with Gasteiger partial charge >= 0.3 is 5.97 Å². The normalized spacial score (nSPS) is 13.7. The Morgan fingerprint density at radius 2 is 2.21 bits per heavy atom. The molecule has 19 heavy (non-hydrogen) atoms. The molecule has 0 saturated heterocycles. The minimum Gasteiger partial charge on any atom is -0.478 e. The summed E-state index contributed by atoms with van der Waals surface area (Å²) < 4.78 is 4.97. The number of hydrogen-bond acceptors (Lipinski definition) is 3. The van der Waals surface area contributed by atoms with Crippen LogP contribution >= 0.6 is 0 Å². The molecule has 0 atom stereocenters. The van der Waals surface area contributed by atoms with Gasteiger partial charge in [-0.15, -0.1) is 0 Å². The molecule has 0 spiro atoms. The second kappa shape index (κ2) is 5.84. The highest BCUT2D eigenvalue weighted by atomic mass is 16.5. The lowest BCUT2D eigenvalue weighted by Gasteiger charge is -2.17. The Kier molecular flexibility index (Phi) is 4.16. The van der Waals surface area contributed by atoms with Crippen LogP contribution in [0.25, 0.3) is 0 Å². The van der Waals surface area contributed by atoms with Crippen molar-refractivity contribution in [1.82, 2.24) is 0 Å². The third kappa shape index (κ3) is 2.93. The Labute approximate surface area is 111 Å². The van der Waals surface area contributed by atoms with Crippen LogP contribution in [0, 0.1) is 0 Å². The van der Waals surface area contributed by atoms with Gasteiger partial charge in [0.2, 0.25) is 5.91 Å². The lowest BCUT2D eigenvalue weighted by atomic mass is 10.1. The van der Waals surface area contributed by atoms with Crippen LogP contribution in [-0.2, 0) is 16.0 Å². The average molecular weight is 263 g/mol. The van der Waals surface area contributed by atoms with E-state index in [9.17, 15) is 9.59 Å². The van der Waals surface area contributed by atoms with E-state index in [0.717, 1.165) is 24.1 Å². The average Bonchev–Trinajstić information content (AvgIpc) is 2.70. The number of nitrogens with zero attached hydrogens (tertiary/aromatic N) is 1. The predicted octanol–water partition coefficient (Wildman–Crippen LogP) is 1.70. The number of carbonyl (C=O) groups is 2. The van der Waals surface area contributed by atoms with Gasteiger partial charge in [0, 0.05) is 25.9 Å². The van der Waals surface area contributed by atoms with Crippen molar-refractivity contribution < 1.29 is 19.4 Å². The lowest BCUT2D eigenvalue weighted by molar-refractivity contribution is -0.117. The van der Waals surface area contributed by atoms with Crippen molar-refractivity contribution in [3.63, 3.8) is 0 Å². The lowest BCUT2D eigenvalue weighted by Crippen LogP contribution is -2.28. The zero-order valence-corrected chi connectivity index (χ0v) is 10.9. The second-order valence-corrected chi connectivity index (χ2v) is 4.57. The first-order valence-electron chi connectivity index (χ1n) is 6.29. The number of unbranched alkanes of at least 4 members (excludes halogenated alkanes) is 1. The predicted molar refractivity (Wildman–Crippen MR) is 70.6 cm³/mol. The molecule has 2 rings (SSSR count). The number of carboxylic acids is 1.